The molecule has 2 N–H and O–H groups in total. The molecule has 0 radical (unpaired) electrons. The van der Waals surface area contributed by atoms with Crippen LogP contribution in [0.5, 0.6) is 0 Å². The number of morpholine rings is 1. The van der Waals surface area contributed by atoms with Crippen molar-refractivity contribution in [2.24, 2.45) is 0 Å². The molecule has 27 heavy (non-hydrogen) atoms. The molecule has 1 aliphatic heterocycles. The Labute approximate surface area is 161 Å². The van der Waals surface area contributed by atoms with Crippen molar-refractivity contribution in [1.82, 2.24) is 4.98 Å². The molecule has 6 nitrogen and oxygen atoms in total. The molecule has 1 aromatic carbocycles. The molecule has 0 unspecified atom stereocenters. The minimum atomic E-state index is -0.120. The predicted octanol–water partition coefficient (Wildman–Crippen LogP) is 3.98. The van der Waals surface area contributed by atoms with Gasteiger partial charge in [0.25, 0.3) is 5.91 Å². The van der Waals surface area contributed by atoms with Crippen molar-refractivity contribution in [1.29, 1.82) is 0 Å². The second kappa shape index (κ2) is 8.20. The van der Waals surface area contributed by atoms with Crippen LogP contribution in [0.15, 0.2) is 60.1 Å². The van der Waals surface area contributed by atoms with Crippen molar-refractivity contribution in [2.75, 3.05) is 41.8 Å². The van der Waals surface area contributed by atoms with Gasteiger partial charge in [0.1, 0.15) is 5.82 Å². The number of ether oxygens (including phenoxy) is 1. The average Bonchev–Trinajstić information content (AvgIpc) is 3.26. The van der Waals surface area contributed by atoms with Crippen molar-refractivity contribution in [3.05, 3.63) is 65.0 Å². The van der Waals surface area contributed by atoms with E-state index in [2.05, 4.69) is 26.6 Å². The summed E-state index contributed by atoms with van der Waals surface area (Å²) in [6, 6.07) is 15.5. The number of aromatic nitrogens is 1. The summed E-state index contributed by atoms with van der Waals surface area (Å²) in [4.78, 5) is 19.5. The fourth-order valence-electron chi connectivity index (χ4n) is 2.94. The first-order valence-corrected chi connectivity index (χ1v) is 9.67. The van der Waals surface area contributed by atoms with E-state index in [1.807, 2.05) is 41.8 Å². The molecule has 2 aromatic heterocycles. The van der Waals surface area contributed by atoms with Crippen molar-refractivity contribution in [3.8, 4) is 0 Å². The van der Waals surface area contributed by atoms with E-state index >= 15 is 0 Å². The lowest BCUT2D eigenvalue weighted by Crippen LogP contribution is -2.36. The Morgan fingerprint density at radius 1 is 1.07 bits per heavy atom. The largest absolute Gasteiger partial charge is 0.378 e. The number of hydrogen-bond donors (Lipinski definition) is 2. The number of amides is 1. The Balaban J connectivity index is 1.45. The first-order chi connectivity index (χ1) is 13.3. The monoisotopic (exact) mass is 380 g/mol. The zero-order valence-corrected chi connectivity index (χ0v) is 15.5. The number of carbonyl (C=O) groups is 1. The van der Waals surface area contributed by atoms with Crippen LogP contribution in [0.4, 0.5) is 22.9 Å². The van der Waals surface area contributed by atoms with Gasteiger partial charge in [0.2, 0.25) is 0 Å². The average molecular weight is 380 g/mol. The Bertz CT molecular complexity index is 891. The lowest BCUT2D eigenvalue weighted by molar-refractivity contribution is 0.103. The van der Waals surface area contributed by atoms with Gasteiger partial charge in [-0.05, 0) is 35.7 Å². The lowest BCUT2D eigenvalue weighted by atomic mass is 10.2. The van der Waals surface area contributed by atoms with E-state index in [0.29, 0.717) is 10.6 Å². The van der Waals surface area contributed by atoms with Gasteiger partial charge in [0.05, 0.1) is 41.3 Å². The van der Waals surface area contributed by atoms with Gasteiger partial charge in [0, 0.05) is 13.1 Å². The third-order valence-electron chi connectivity index (χ3n) is 4.28. The van der Waals surface area contributed by atoms with E-state index in [4.69, 9.17) is 4.74 Å². The molecule has 1 fully saturated rings. The summed E-state index contributed by atoms with van der Waals surface area (Å²) in [5.41, 5.74) is 2.81. The fourth-order valence-corrected chi connectivity index (χ4v) is 3.56. The second-order valence-corrected chi connectivity index (χ2v) is 7.05. The van der Waals surface area contributed by atoms with Gasteiger partial charge in [-0.15, -0.1) is 11.3 Å². The van der Waals surface area contributed by atoms with Gasteiger partial charge < -0.3 is 20.3 Å². The fraction of sp³-hybridized carbons (Fsp3) is 0.200. The molecule has 4 rings (SSSR count). The summed E-state index contributed by atoms with van der Waals surface area (Å²) in [7, 11) is 0. The summed E-state index contributed by atoms with van der Waals surface area (Å²) in [6.07, 6.45) is 1.66. The molecule has 1 amide bonds. The molecule has 1 aliphatic rings. The number of thiophene rings is 1. The van der Waals surface area contributed by atoms with E-state index in [0.717, 1.165) is 43.5 Å². The van der Waals surface area contributed by atoms with Crippen molar-refractivity contribution >= 4 is 40.1 Å². The molecule has 0 aliphatic carbocycles. The maximum atomic E-state index is 12.1. The molecule has 0 atom stereocenters. The van der Waals surface area contributed by atoms with Gasteiger partial charge >= 0.3 is 0 Å². The minimum absolute atomic E-state index is 0.120. The highest BCUT2D eigenvalue weighted by Gasteiger charge is 2.14. The van der Waals surface area contributed by atoms with Crippen molar-refractivity contribution < 1.29 is 9.53 Å². The molecule has 0 bridgehead atoms. The van der Waals surface area contributed by atoms with E-state index in [9.17, 15) is 4.79 Å². The normalized spacial score (nSPS) is 14.0. The van der Waals surface area contributed by atoms with Crippen LogP contribution < -0.4 is 15.5 Å². The van der Waals surface area contributed by atoms with E-state index < -0.39 is 0 Å². The van der Waals surface area contributed by atoms with Crippen LogP contribution >= 0.6 is 11.3 Å². The number of rotatable bonds is 5. The number of nitrogens with one attached hydrogen (secondary N) is 2. The number of anilines is 4. The highest BCUT2D eigenvalue weighted by atomic mass is 32.1. The summed E-state index contributed by atoms with van der Waals surface area (Å²) in [5.74, 6) is 0.606. The quantitative estimate of drug-likeness (QED) is 0.701. The smallest absolute Gasteiger partial charge is 0.265 e. The summed E-state index contributed by atoms with van der Waals surface area (Å²) < 4.78 is 5.44. The molecule has 0 spiro atoms. The molecule has 0 saturated carbocycles. The maximum absolute atomic E-state index is 12.1. The summed E-state index contributed by atoms with van der Waals surface area (Å²) in [5, 5.41) is 8.11. The van der Waals surface area contributed by atoms with E-state index in [1.54, 1.807) is 12.3 Å². The Hall–Kier alpha value is -2.90. The Morgan fingerprint density at radius 2 is 1.93 bits per heavy atom. The number of nitrogens with zero attached hydrogens (tertiary/aromatic N) is 2. The lowest BCUT2D eigenvalue weighted by Gasteiger charge is -2.30. The predicted molar refractivity (Wildman–Crippen MR) is 109 cm³/mol. The van der Waals surface area contributed by atoms with Gasteiger partial charge in [0.15, 0.2) is 0 Å². The van der Waals surface area contributed by atoms with Gasteiger partial charge in [-0.1, -0.05) is 18.2 Å². The van der Waals surface area contributed by atoms with Gasteiger partial charge in [-0.3, -0.25) is 4.79 Å². The van der Waals surface area contributed by atoms with Crippen LogP contribution in [0, 0.1) is 0 Å². The first kappa shape index (κ1) is 17.5. The van der Waals surface area contributed by atoms with Crippen molar-refractivity contribution in [2.45, 2.75) is 0 Å². The van der Waals surface area contributed by atoms with E-state index in [1.165, 1.54) is 11.3 Å². The van der Waals surface area contributed by atoms with E-state index in [-0.39, 0.29) is 5.91 Å². The van der Waals surface area contributed by atoms with Gasteiger partial charge in [-0.25, -0.2) is 4.98 Å². The molecule has 1 saturated heterocycles. The third-order valence-corrected chi connectivity index (χ3v) is 5.15. The number of benzene rings is 1. The molecule has 7 heteroatoms. The van der Waals surface area contributed by atoms with Crippen LogP contribution in [0.2, 0.25) is 0 Å². The van der Waals surface area contributed by atoms with Crippen LogP contribution in [-0.4, -0.2) is 37.2 Å². The molecule has 138 valence electrons. The van der Waals surface area contributed by atoms with Crippen LogP contribution in [0.25, 0.3) is 0 Å². The standard InChI is InChI=1S/C20H20N4O2S/c25-20(18-6-3-13-27-18)22-15-7-8-19(21-14-15)23-16-4-1-2-5-17(16)24-9-11-26-12-10-24/h1-8,13-14H,9-12H2,(H,21,23)(H,22,25). The zero-order chi connectivity index (χ0) is 18.5. The van der Waals surface area contributed by atoms with Crippen LogP contribution in [-0.2, 0) is 4.74 Å². The topological polar surface area (TPSA) is 66.5 Å². The molecular formula is C20H20N4O2S. The Morgan fingerprint density at radius 3 is 2.67 bits per heavy atom. The first-order valence-electron chi connectivity index (χ1n) is 8.79. The van der Waals surface area contributed by atoms with Crippen molar-refractivity contribution in [3.63, 3.8) is 0 Å². The SMILES string of the molecule is O=C(Nc1ccc(Nc2ccccc2N2CCOCC2)nc1)c1cccs1. The highest BCUT2D eigenvalue weighted by Crippen LogP contribution is 2.29. The molecule has 3 aromatic rings. The number of para-hydroxylation sites is 2. The van der Waals surface area contributed by atoms with Crippen LogP contribution in [0.3, 0.4) is 0 Å². The Kier molecular flexibility index (Phi) is 5.32. The number of pyridine rings is 1. The minimum Gasteiger partial charge on any atom is -0.378 e. The second-order valence-electron chi connectivity index (χ2n) is 6.11. The summed E-state index contributed by atoms with van der Waals surface area (Å²) >= 11 is 1.41. The number of hydrogen-bond acceptors (Lipinski definition) is 6. The molecule has 3 heterocycles. The summed E-state index contributed by atoms with van der Waals surface area (Å²) in [6.45, 7) is 3.23. The molecular weight excluding hydrogens is 360 g/mol. The number of carbonyl (C=O) groups excluding carboxylic acids is 1. The van der Waals surface area contributed by atoms with Crippen LogP contribution in [0.1, 0.15) is 9.67 Å². The highest BCUT2D eigenvalue weighted by molar-refractivity contribution is 7.12. The maximum Gasteiger partial charge on any atom is 0.265 e. The zero-order valence-electron chi connectivity index (χ0n) is 14.7. The third kappa shape index (κ3) is 4.27. The van der Waals surface area contributed by atoms with Gasteiger partial charge in [-0.2, -0.15) is 0 Å².